The van der Waals surface area contributed by atoms with Crippen molar-refractivity contribution in [3.63, 3.8) is 0 Å². The van der Waals surface area contributed by atoms with E-state index in [9.17, 15) is 5.26 Å². The number of aromatic nitrogens is 8. The Labute approximate surface area is 675 Å². The molecule has 580 valence electrons. The van der Waals surface area contributed by atoms with Gasteiger partial charge in [0.1, 0.15) is 0 Å². The minimum absolute atomic E-state index is 0.00156. The summed E-state index contributed by atoms with van der Waals surface area (Å²) in [6, 6.07) is 85.3. The number of halogens is 12. The molecule has 0 aliphatic heterocycles. The van der Waals surface area contributed by atoms with Crippen molar-refractivity contribution in [3.8, 4) is 130 Å². The standard InChI is InChI=1S/C49H26F6N6.C48H27F6N5/c1-57-33-21-23-43-37(27-33)36-24-29(28-56)20-22-42(36)61(43)44-38(34-16-8-10-18-40(34)48(50,51)52)25-32(26-39(44)35-17-9-11-19-41(35)49(53,54)55)47-59-45(30-12-4-2-5-13-30)58-46(60-47)31-14-6-3-7-15-31;1-55-32-24-25-42-36(28-32)35-20-10-13-23-41(35)59(42)43-37(33-18-8-11-21-39(33)47(49,50)51)26-31(27-38(43)34-19-9-12-22-40(34)48(52,53)54)46-57-44(29-14-4-2-5-15-29)56-45(58-46)30-16-6-3-7-17-30/h2-27H;2-28H. The van der Waals surface area contributed by atoms with Gasteiger partial charge in [-0.15, -0.1) is 0 Å². The summed E-state index contributed by atoms with van der Waals surface area (Å²) < 4.78 is 185. The first-order chi connectivity index (χ1) is 57.9. The summed E-state index contributed by atoms with van der Waals surface area (Å²) >= 11 is 0. The summed E-state index contributed by atoms with van der Waals surface area (Å²) in [6.45, 7) is 15.4. The fraction of sp³-hybridized carbons (Fsp3) is 0.0412. The summed E-state index contributed by atoms with van der Waals surface area (Å²) in [5.41, 5.74) is -0.130. The SMILES string of the molecule is [C-]#[N+]c1ccc2c(c1)c1cc(C#N)ccc1n2-c1c(-c2ccccc2C(F)(F)F)cc(-c2nc(-c3ccccc3)nc(-c3ccccc3)n2)cc1-c1ccccc1C(F)(F)F.[C-]#[N+]c1ccc2c(c1)c1ccccc1n2-c1c(-c2ccccc2C(F)(F)F)cc(-c2nc(-c3ccccc3)nc(-c3ccccc3)n2)cc1-c1ccccc1C(F)(F)F. The number of benzene rings is 14. The van der Waals surface area contributed by atoms with Crippen LogP contribution in [0.4, 0.5) is 64.1 Å². The number of fused-ring (bicyclic) bond motifs is 6. The van der Waals surface area contributed by atoms with Crippen LogP contribution in [-0.2, 0) is 24.7 Å². The lowest BCUT2D eigenvalue weighted by atomic mass is 9.88. The Morgan fingerprint density at radius 1 is 0.250 bits per heavy atom. The van der Waals surface area contributed by atoms with Crippen molar-refractivity contribution in [2.24, 2.45) is 0 Å². The predicted molar refractivity (Wildman–Crippen MR) is 440 cm³/mol. The topological polar surface area (TPSA) is 120 Å². The highest BCUT2D eigenvalue weighted by atomic mass is 19.4. The molecule has 0 fully saturated rings. The van der Waals surface area contributed by atoms with E-state index in [4.69, 9.17) is 43.0 Å². The zero-order valence-electron chi connectivity index (χ0n) is 62.1. The van der Waals surface area contributed by atoms with Gasteiger partial charge in [0.25, 0.3) is 0 Å². The number of rotatable bonds is 12. The fourth-order valence-corrected chi connectivity index (χ4v) is 15.2. The quantitative estimate of drug-likeness (QED) is 0.0882. The summed E-state index contributed by atoms with van der Waals surface area (Å²) in [4.78, 5) is 35.9. The fourth-order valence-electron chi connectivity index (χ4n) is 15.2. The first kappa shape index (κ1) is 76.9. The van der Waals surface area contributed by atoms with Gasteiger partial charge in [0.05, 0.1) is 80.5 Å². The van der Waals surface area contributed by atoms with E-state index < -0.39 is 47.0 Å². The second-order valence-electron chi connectivity index (χ2n) is 27.7. The number of hydrogen-bond donors (Lipinski definition) is 0. The van der Waals surface area contributed by atoms with Crippen molar-refractivity contribution in [2.75, 3.05) is 0 Å². The maximum Gasteiger partial charge on any atom is 0.417 e. The number of nitriles is 1. The van der Waals surface area contributed by atoms with Crippen molar-refractivity contribution in [1.82, 2.24) is 39.0 Å². The minimum atomic E-state index is -4.89. The Hall–Kier alpha value is -15.7. The molecule has 0 spiro atoms. The van der Waals surface area contributed by atoms with E-state index in [0.717, 1.165) is 24.3 Å². The van der Waals surface area contributed by atoms with E-state index in [1.807, 2.05) is 30.3 Å². The Morgan fingerprint density at radius 3 is 0.800 bits per heavy atom. The van der Waals surface area contributed by atoms with E-state index in [2.05, 4.69) is 15.8 Å². The van der Waals surface area contributed by atoms with Crippen LogP contribution in [0.25, 0.3) is 178 Å². The number of alkyl halides is 12. The molecule has 0 saturated heterocycles. The molecule has 0 aliphatic rings. The van der Waals surface area contributed by atoms with Gasteiger partial charge in [0.2, 0.25) is 0 Å². The first-order valence-corrected chi connectivity index (χ1v) is 37.0. The molecule has 11 nitrogen and oxygen atoms in total. The smallest absolute Gasteiger partial charge is 0.308 e. The van der Waals surface area contributed by atoms with Crippen molar-refractivity contribution < 1.29 is 52.7 Å². The zero-order valence-corrected chi connectivity index (χ0v) is 62.1. The Kier molecular flexibility index (Phi) is 19.8. The van der Waals surface area contributed by atoms with E-state index in [-0.39, 0.29) is 113 Å². The number of para-hydroxylation sites is 1. The van der Waals surface area contributed by atoms with Crippen LogP contribution in [0, 0.1) is 24.5 Å². The van der Waals surface area contributed by atoms with Gasteiger partial charge in [0, 0.05) is 66.4 Å². The van der Waals surface area contributed by atoms with Crippen molar-refractivity contribution in [2.45, 2.75) is 24.7 Å². The maximum atomic E-state index is 15.2. The van der Waals surface area contributed by atoms with Crippen molar-refractivity contribution >= 4 is 55.0 Å². The van der Waals surface area contributed by atoms with Gasteiger partial charge in [0.15, 0.2) is 46.3 Å². The highest BCUT2D eigenvalue weighted by Gasteiger charge is 2.40. The van der Waals surface area contributed by atoms with Crippen LogP contribution in [0.5, 0.6) is 0 Å². The van der Waals surface area contributed by atoms with Crippen LogP contribution >= 0.6 is 0 Å². The molecule has 14 aromatic carbocycles. The second-order valence-corrected chi connectivity index (χ2v) is 27.7. The van der Waals surface area contributed by atoms with E-state index in [1.54, 1.807) is 167 Å². The van der Waals surface area contributed by atoms with Gasteiger partial charge in [-0.25, -0.2) is 39.6 Å². The molecule has 0 saturated carbocycles. The third kappa shape index (κ3) is 14.6. The number of nitrogens with zero attached hydrogens (tertiary/aromatic N) is 11. The Morgan fingerprint density at radius 2 is 0.500 bits per heavy atom. The highest BCUT2D eigenvalue weighted by molar-refractivity contribution is 6.14. The third-order valence-electron chi connectivity index (χ3n) is 20.5. The molecular formula is C97H53F12N11. The van der Waals surface area contributed by atoms with Gasteiger partial charge in [-0.2, -0.15) is 57.9 Å². The maximum absolute atomic E-state index is 15.2. The lowest BCUT2D eigenvalue weighted by Crippen LogP contribution is -2.11. The average molecular weight is 1600 g/mol. The predicted octanol–water partition coefficient (Wildman–Crippen LogP) is 27.7. The highest BCUT2D eigenvalue weighted by Crippen LogP contribution is 2.53. The molecule has 23 heteroatoms. The Balaban J connectivity index is 0.000000171. The van der Waals surface area contributed by atoms with Crippen LogP contribution in [0.3, 0.4) is 0 Å². The van der Waals surface area contributed by atoms with Gasteiger partial charge in [-0.3, -0.25) is 0 Å². The molecule has 120 heavy (non-hydrogen) atoms. The molecule has 0 aliphatic carbocycles. The van der Waals surface area contributed by atoms with Crippen LogP contribution in [0.1, 0.15) is 27.8 Å². The molecule has 0 radical (unpaired) electrons. The molecule has 4 heterocycles. The summed E-state index contributed by atoms with van der Waals surface area (Å²) in [6.07, 6.45) is -19.5. The van der Waals surface area contributed by atoms with Crippen LogP contribution < -0.4 is 0 Å². The molecule has 0 unspecified atom stereocenters. The third-order valence-corrected chi connectivity index (χ3v) is 20.5. The van der Waals surface area contributed by atoms with Gasteiger partial charge in [-0.05, 0) is 130 Å². The lowest BCUT2D eigenvalue weighted by Gasteiger charge is -2.24. The molecule has 0 atom stereocenters. The summed E-state index contributed by atoms with van der Waals surface area (Å²) in [5, 5.41) is 12.1. The van der Waals surface area contributed by atoms with Crippen molar-refractivity contribution in [3.05, 3.63) is 372 Å². The second kappa shape index (κ2) is 30.8. The first-order valence-electron chi connectivity index (χ1n) is 37.0. The summed E-state index contributed by atoms with van der Waals surface area (Å²) in [7, 11) is 0. The summed E-state index contributed by atoms with van der Waals surface area (Å²) in [5.74, 6) is 1.00. The van der Waals surface area contributed by atoms with E-state index in [0.29, 0.717) is 71.6 Å². The van der Waals surface area contributed by atoms with Crippen LogP contribution in [0.2, 0.25) is 0 Å². The minimum Gasteiger partial charge on any atom is -0.308 e. The molecule has 0 bridgehead atoms. The molecule has 4 aromatic heterocycles. The van der Waals surface area contributed by atoms with Crippen LogP contribution in [-0.4, -0.2) is 39.0 Å². The molecule has 18 rings (SSSR count). The van der Waals surface area contributed by atoms with E-state index >= 15 is 52.7 Å². The van der Waals surface area contributed by atoms with Crippen molar-refractivity contribution in [1.29, 1.82) is 5.26 Å². The normalized spacial score (nSPS) is 11.8. The molecule has 0 N–H and O–H groups in total. The largest absolute Gasteiger partial charge is 0.417 e. The van der Waals surface area contributed by atoms with Gasteiger partial charge >= 0.3 is 24.7 Å². The van der Waals surface area contributed by atoms with E-state index in [1.165, 1.54) is 109 Å². The number of hydrogen-bond acceptors (Lipinski definition) is 7. The molecule has 18 aromatic rings. The molecule has 0 amide bonds. The zero-order chi connectivity index (χ0) is 83.4. The lowest BCUT2D eigenvalue weighted by molar-refractivity contribution is -0.137. The average Bonchev–Trinajstić information content (AvgIpc) is 1.50. The Bertz CT molecular complexity index is 6860. The van der Waals surface area contributed by atoms with Crippen LogP contribution in [0.15, 0.2) is 322 Å². The monoisotopic (exact) mass is 1600 g/mol. The van der Waals surface area contributed by atoms with Gasteiger partial charge in [-0.1, -0.05) is 224 Å². The molecular weight excluding hydrogens is 1550 g/mol. The van der Waals surface area contributed by atoms with Gasteiger partial charge < -0.3 is 9.13 Å².